The van der Waals surface area contributed by atoms with Gasteiger partial charge in [-0.2, -0.15) is 10.2 Å². The molecular weight excluding hydrogens is 516 g/mol. The number of fused-ring (bicyclic) bond motifs is 4. The molecule has 0 atom stereocenters. The number of rotatable bonds is 5. The summed E-state index contributed by atoms with van der Waals surface area (Å²) in [6.07, 6.45) is 7.26. The van der Waals surface area contributed by atoms with Crippen molar-refractivity contribution in [3.8, 4) is 33.8 Å². The Labute approximate surface area is 234 Å². The van der Waals surface area contributed by atoms with Crippen molar-refractivity contribution in [2.75, 3.05) is 44.3 Å². The second kappa shape index (κ2) is 8.60. The van der Waals surface area contributed by atoms with Crippen LogP contribution in [0.15, 0.2) is 73.3 Å². The molecule has 10 heteroatoms. The summed E-state index contributed by atoms with van der Waals surface area (Å²) in [5, 5.41) is 16.3. The lowest BCUT2D eigenvalue weighted by molar-refractivity contribution is -0.187. The van der Waals surface area contributed by atoms with Gasteiger partial charge in [-0.05, 0) is 58.7 Å². The number of anilines is 2. The standard InChI is InChI=1S/C31H26N8O2/c1-3-25-27(11-19(1)21-5-7-32-29-23(21)13-34-36-29)41-28-12-20(22-6-8-33-30-24(22)14-35-37-30)2-4-26(28)39(25)10-9-38-15-31(16-38)17-40-18-31/h1-8,11-14H,9-10,15-18H2,(H,32,34,36)(H,33,35,37). The minimum absolute atomic E-state index is 0.399. The third kappa shape index (κ3) is 3.57. The molecule has 2 fully saturated rings. The maximum atomic E-state index is 6.68. The molecule has 0 saturated carbocycles. The summed E-state index contributed by atoms with van der Waals surface area (Å²) in [6, 6.07) is 17.0. The van der Waals surface area contributed by atoms with Crippen LogP contribution in [0, 0.1) is 5.41 Å². The molecule has 2 aromatic carbocycles. The predicted molar refractivity (Wildman–Crippen MR) is 155 cm³/mol. The number of hydrogen-bond acceptors (Lipinski definition) is 8. The zero-order valence-electron chi connectivity index (χ0n) is 22.2. The maximum Gasteiger partial charge on any atom is 0.155 e. The average molecular weight is 543 g/mol. The Balaban J connectivity index is 1.11. The zero-order chi connectivity index (χ0) is 27.0. The molecule has 10 nitrogen and oxygen atoms in total. The van der Waals surface area contributed by atoms with Crippen LogP contribution in [0.25, 0.3) is 44.3 Å². The van der Waals surface area contributed by atoms with Crippen LogP contribution in [0.3, 0.4) is 0 Å². The molecule has 2 saturated heterocycles. The van der Waals surface area contributed by atoms with Crippen molar-refractivity contribution in [3.05, 3.63) is 73.3 Å². The van der Waals surface area contributed by atoms with Crippen molar-refractivity contribution in [2.24, 2.45) is 5.41 Å². The molecule has 0 unspecified atom stereocenters. The molecule has 0 radical (unpaired) electrons. The van der Waals surface area contributed by atoms with Gasteiger partial charge in [0.25, 0.3) is 0 Å². The van der Waals surface area contributed by atoms with Crippen molar-refractivity contribution in [3.63, 3.8) is 0 Å². The Hall–Kier alpha value is -4.80. The highest BCUT2D eigenvalue weighted by Crippen LogP contribution is 2.49. The number of H-pyrrole nitrogens is 2. The van der Waals surface area contributed by atoms with Gasteiger partial charge in [-0.25, -0.2) is 9.97 Å². The van der Waals surface area contributed by atoms with Crippen LogP contribution in [0.4, 0.5) is 11.4 Å². The number of likely N-dealkylation sites (tertiary alicyclic amines) is 1. The normalized spacial score (nSPS) is 17.2. The smallest absolute Gasteiger partial charge is 0.155 e. The number of ether oxygens (including phenoxy) is 2. The molecule has 0 aliphatic carbocycles. The Morgan fingerprint density at radius 3 is 1.85 bits per heavy atom. The molecule has 3 aliphatic rings. The number of aromatic amines is 2. The number of pyridine rings is 2. The van der Waals surface area contributed by atoms with Gasteiger partial charge in [0, 0.05) is 54.8 Å². The summed E-state index contributed by atoms with van der Waals surface area (Å²) < 4.78 is 12.2. The number of benzene rings is 2. The van der Waals surface area contributed by atoms with E-state index in [9.17, 15) is 0 Å². The van der Waals surface area contributed by atoms with Gasteiger partial charge in [-0.15, -0.1) is 0 Å². The van der Waals surface area contributed by atoms with E-state index in [1.165, 1.54) is 0 Å². The van der Waals surface area contributed by atoms with E-state index in [-0.39, 0.29) is 0 Å². The van der Waals surface area contributed by atoms with Crippen LogP contribution in [0.2, 0.25) is 0 Å². The Morgan fingerprint density at radius 1 is 0.732 bits per heavy atom. The molecule has 3 aliphatic heterocycles. The van der Waals surface area contributed by atoms with Gasteiger partial charge in [-0.1, -0.05) is 12.1 Å². The van der Waals surface area contributed by atoms with E-state index >= 15 is 0 Å². The molecular formula is C31H26N8O2. The third-order valence-electron chi connectivity index (χ3n) is 8.63. The summed E-state index contributed by atoms with van der Waals surface area (Å²) in [5.74, 6) is 1.66. The van der Waals surface area contributed by atoms with E-state index in [1.54, 1.807) is 0 Å². The number of nitrogens with zero attached hydrogens (tertiary/aromatic N) is 6. The Morgan fingerprint density at radius 2 is 1.32 bits per heavy atom. The van der Waals surface area contributed by atoms with E-state index in [0.717, 1.165) is 107 Å². The van der Waals surface area contributed by atoms with Gasteiger partial charge in [0.05, 0.1) is 37.0 Å². The highest BCUT2D eigenvalue weighted by molar-refractivity contribution is 5.95. The molecule has 9 rings (SSSR count). The monoisotopic (exact) mass is 542 g/mol. The van der Waals surface area contributed by atoms with Gasteiger partial charge >= 0.3 is 0 Å². The fourth-order valence-electron chi connectivity index (χ4n) is 6.54. The molecule has 202 valence electrons. The first-order valence-electron chi connectivity index (χ1n) is 13.8. The van der Waals surface area contributed by atoms with Gasteiger partial charge in [-0.3, -0.25) is 10.2 Å². The fourth-order valence-corrected chi connectivity index (χ4v) is 6.54. The summed E-state index contributed by atoms with van der Waals surface area (Å²) in [4.78, 5) is 13.7. The van der Waals surface area contributed by atoms with E-state index in [1.807, 2.05) is 36.9 Å². The Kier molecular flexibility index (Phi) is 4.81. The van der Waals surface area contributed by atoms with E-state index in [2.05, 4.69) is 76.6 Å². The predicted octanol–water partition coefficient (Wildman–Crippen LogP) is 5.14. The molecule has 6 aromatic rings. The molecule has 7 heterocycles. The lowest BCUT2D eigenvalue weighted by Gasteiger charge is -2.55. The summed E-state index contributed by atoms with van der Waals surface area (Å²) >= 11 is 0. The van der Waals surface area contributed by atoms with Crippen molar-refractivity contribution >= 4 is 33.4 Å². The molecule has 1 spiro atoms. The Bertz CT molecular complexity index is 1830. The van der Waals surface area contributed by atoms with Crippen LogP contribution >= 0.6 is 0 Å². The van der Waals surface area contributed by atoms with E-state index in [0.29, 0.717) is 5.41 Å². The largest absolute Gasteiger partial charge is 0.453 e. The number of aromatic nitrogens is 6. The van der Waals surface area contributed by atoms with Crippen LogP contribution < -0.4 is 9.64 Å². The third-order valence-corrected chi connectivity index (χ3v) is 8.63. The highest BCUT2D eigenvalue weighted by Gasteiger charge is 2.48. The van der Waals surface area contributed by atoms with Crippen LogP contribution in [0.5, 0.6) is 11.5 Å². The van der Waals surface area contributed by atoms with Crippen molar-refractivity contribution in [1.82, 2.24) is 35.3 Å². The van der Waals surface area contributed by atoms with Crippen LogP contribution in [-0.4, -0.2) is 74.7 Å². The molecule has 2 N–H and O–H groups in total. The second-order valence-corrected chi connectivity index (χ2v) is 11.3. The quantitative estimate of drug-likeness (QED) is 0.308. The van der Waals surface area contributed by atoms with Gasteiger partial charge < -0.3 is 19.3 Å². The van der Waals surface area contributed by atoms with Crippen molar-refractivity contribution in [2.45, 2.75) is 0 Å². The number of nitrogens with one attached hydrogen (secondary N) is 2. The number of hydrogen-bond donors (Lipinski definition) is 2. The van der Waals surface area contributed by atoms with E-state index in [4.69, 9.17) is 9.47 Å². The van der Waals surface area contributed by atoms with Crippen molar-refractivity contribution in [1.29, 1.82) is 0 Å². The van der Waals surface area contributed by atoms with Crippen molar-refractivity contribution < 1.29 is 9.47 Å². The molecule has 0 amide bonds. The van der Waals surface area contributed by atoms with Gasteiger partial charge in [0.1, 0.15) is 0 Å². The summed E-state index contributed by atoms with van der Waals surface area (Å²) in [6.45, 7) is 5.86. The lowest BCUT2D eigenvalue weighted by Crippen LogP contribution is -2.66. The fraction of sp³-hybridized carbons (Fsp3) is 0.226. The minimum Gasteiger partial charge on any atom is -0.453 e. The van der Waals surface area contributed by atoms with Gasteiger partial charge in [0.2, 0.25) is 0 Å². The topological polar surface area (TPSA) is 108 Å². The van der Waals surface area contributed by atoms with E-state index < -0.39 is 0 Å². The summed E-state index contributed by atoms with van der Waals surface area (Å²) in [7, 11) is 0. The SMILES string of the molecule is c1cc(-c2ccc3c(c2)Oc2cc(-c4ccnc5[nH]ncc45)ccc2N3CCN2CC3(COC3)C2)c2cn[nH]c2n1. The van der Waals surface area contributed by atoms with Crippen LogP contribution in [0.1, 0.15) is 0 Å². The zero-order valence-corrected chi connectivity index (χ0v) is 22.2. The second-order valence-electron chi connectivity index (χ2n) is 11.3. The molecule has 4 aromatic heterocycles. The van der Waals surface area contributed by atoms with Gasteiger partial charge in [0.15, 0.2) is 22.8 Å². The minimum atomic E-state index is 0.399. The molecule has 41 heavy (non-hydrogen) atoms. The maximum absolute atomic E-state index is 6.68. The first-order valence-corrected chi connectivity index (χ1v) is 13.8. The average Bonchev–Trinajstić information content (AvgIpc) is 3.64. The molecule has 0 bridgehead atoms. The first kappa shape index (κ1) is 23.0. The summed E-state index contributed by atoms with van der Waals surface area (Å²) in [5.41, 5.74) is 8.31. The lowest BCUT2D eigenvalue weighted by atomic mass is 9.78. The first-order chi connectivity index (χ1) is 20.2. The van der Waals surface area contributed by atoms with Crippen LogP contribution in [-0.2, 0) is 4.74 Å². The highest BCUT2D eigenvalue weighted by atomic mass is 16.5.